The number of alkyl halides is 6. The summed E-state index contributed by atoms with van der Waals surface area (Å²) in [6.45, 7) is 1.99. The van der Waals surface area contributed by atoms with Gasteiger partial charge in [-0.05, 0) is 5.92 Å². The van der Waals surface area contributed by atoms with Gasteiger partial charge in [0.15, 0.2) is 0 Å². The molecule has 0 saturated heterocycles. The van der Waals surface area contributed by atoms with Crippen molar-refractivity contribution in [1.29, 1.82) is 0 Å². The van der Waals surface area contributed by atoms with Crippen LogP contribution < -0.4 is 0 Å². The van der Waals surface area contributed by atoms with Gasteiger partial charge >= 0.3 is 12.4 Å². The Morgan fingerprint density at radius 2 is 1.29 bits per heavy atom. The summed E-state index contributed by atoms with van der Waals surface area (Å²) in [6.07, 6.45) is -10.2. The molecule has 0 aromatic heterocycles. The molecule has 0 fully saturated rings. The van der Waals surface area contributed by atoms with E-state index in [1.165, 1.54) is 0 Å². The highest BCUT2D eigenvalue weighted by atomic mass is 35.5. The minimum Gasteiger partial charge on any atom is -0.166 e. The van der Waals surface area contributed by atoms with Crippen molar-refractivity contribution in [2.24, 2.45) is 5.92 Å². The van der Waals surface area contributed by atoms with Gasteiger partial charge in [-0.25, -0.2) is 0 Å². The molecule has 0 aliphatic heterocycles. The van der Waals surface area contributed by atoms with Crippen LogP contribution in [0.3, 0.4) is 0 Å². The van der Waals surface area contributed by atoms with Gasteiger partial charge in [0.25, 0.3) is 0 Å². The highest BCUT2D eigenvalue weighted by Gasteiger charge is 2.45. The summed E-state index contributed by atoms with van der Waals surface area (Å²) in [6, 6.07) is 0. The van der Waals surface area contributed by atoms with Gasteiger partial charge in [0.1, 0.15) is 5.03 Å². The van der Waals surface area contributed by atoms with Crippen molar-refractivity contribution in [3.8, 4) is 0 Å². The molecule has 0 rings (SSSR count). The maximum atomic E-state index is 12.1. The van der Waals surface area contributed by atoms with E-state index in [-0.39, 0.29) is 0 Å². The third-order valence-electron chi connectivity index (χ3n) is 1.37. The van der Waals surface area contributed by atoms with E-state index < -0.39 is 28.9 Å². The lowest BCUT2D eigenvalue weighted by Crippen LogP contribution is -2.23. The van der Waals surface area contributed by atoms with Crippen molar-refractivity contribution >= 4 is 11.6 Å². The van der Waals surface area contributed by atoms with Crippen LogP contribution in [0.2, 0.25) is 0 Å². The zero-order valence-electron chi connectivity index (χ0n) is 7.22. The number of rotatable bonds is 1. The monoisotopic (exact) mass is 240 g/mol. The molecule has 0 heterocycles. The molecule has 0 aromatic carbocycles. The first-order valence-electron chi connectivity index (χ1n) is 3.52. The van der Waals surface area contributed by atoms with E-state index >= 15 is 0 Å². The average Bonchev–Trinajstić information content (AvgIpc) is 1.79. The Labute approximate surface area is 81.5 Å². The van der Waals surface area contributed by atoms with Crippen LogP contribution >= 0.6 is 11.6 Å². The minimum absolute atomic E-state index is 0.997. The highest BCUT2D eigenvalue weighted by molar-refractivity contribution is 6.30. The van der Waals surface area contributed by atoms with E-state index in [1.54, 1.807) is 0 Å². The molecule has 0 N–H and O–H groups in total. The summed E-state index contributed by atoms with van der Waals surface area (Å²) >= 11 is 4.64. The van der Waals surface area contributed by atoms with E-state index in [0.717, 1.165) is 13.8 Å². The molecular formula is C7H7ClF6. The number of allylic oxidation sites excluding steroid dienone is 2. The number of halogens is 7. The van der Waals surface area contributed by atoms with Gasteiger partial charge in [0, 0.05) is 0 Å². The van der Waals surface area contributed by atoms with Crippen molar-refractivity contribution in [3.63, 3.8) is 0 Å². The Morgan fingerprint density at radius 1 is 0.929 bits per heavy atom. The van der Waals surface area contributed by atoms with Crippen LogP contribution in [0, 0.1) is 5.92 Å². The molecular weight excluding hydrogens is 234 g/mol. The maximum Gasteiger partial charge on any atom is 0.427 e. The fourth-order valence-electron chi connectivity index (χ4n) is 0.858. The molecule has 7 heteroatoms. The fraction of sp³-hybridized carbons (Fsp3) is 0.714. The molecule has 0 nitrogen and oxygen atoms in total. The summed E-state index contributed by atoms with van der Waals surface area (Å²) in [4.78, 5) is 0. The molecule has 0 radical (unpaired) electrons. The van der Waals surface area contributed by atoms with Gasteiger partial charge < -0.3 is 0 Å². The van der Waals surface area contributed by atoms with Crippen molar-refractivity contribution in [1.82, 2.24) is 0 Å². The topological polar surface area (TPSA) is 0 Å². The van der Waals surface area contributed by atoms with Crippen molar-refractivity contribution < 1.29 is 26.3 Å². The largest absolute Gasteiger partial charge is 0.427 e. The third-order valence-corrected chi connectivity index (χ3v) is 1.79. The zero-order chi connectivity index (χ0) is 11.7. The van der Waals surface area contributed by atoms with Crippen LogP contribution in [0.4, 0.5) is 26.3 Å². The standard InChI is InChI=1S/C7H7ClF6/c1-3(2)4(6(9,10)11)5(8)7(12,13)14/h3H,1-2H3/b5-4+. The average molecular weight is 241 g/mol. The first-order valence-corrected chi connectivity index (χ1v) is 3.89. The molecule has 14 heavy (non-hydrogen) atoms. The molecule has 0 saturated carbocycles. The molecule has 0 aliphatic carbocycles. The lowest BCUT2D eigenvalue weighted by Gasteiger charge is -2.18. The van der Waals surface area contributed by atoms with Crippen LogP contribution in [0.15, 0.2) is 10.6 Å². The van der Waals surface area contributed by atoms with Crippen molar-refractivity contribution in [2.75, 3.05) is 0 Å². The third kappa shape index (κ3) is 3.40. The number of hydrogen-bond donors (Lipinski definition) is 0. The second-order valence-electron chi connectivity index (χ2n) is 2.88. The van der Waals surface area contributed by atoms with Gasteiger partial charge in [-0.15, -0.1) is 0 Å². The first kappa shape index (κ1) is 13.6. The van der Waals surface area contributed by atoms with Crippen molar-refractivity contribution in [2.45, 2.75) is 26.2 Å². The van der Waals surface area contributed by atoms with E-state index in [1.807, 2.05) is 0 Å². The van der Waals surface area contributed by atoms with Crippen LogP contribution in [0.1, 0.15) is 13.8 Å². The normalized spacial score (nSPS) is 15.9. The maximum absolute atomic E-state index is 12.1. The summed E-state index contributed by atoms with van der Waals surface area (Å²) in [5.41, 5.74) is -1.74. The van der Waals surface area contributed by atoms with Crippen LogP contribution in [-0.4, -0.2) is 12.4 Å². The van der Waals surface area contributed by atoms with Gasteiger partial charge in [-0.2, -0.15) is 26.3 Å². The molecule has 0 unspecified atom stereocenters. The molecule has 84 valence electrons. The van der Waals surface area contributed by atoms with Crippen molar-refractivity contribution in [3.05, 3.63) is 10.6 Å². The lowest BCUT2D eigenvalue weighted by atomic mass is 10.0. The smallest absolute Gasteiger partial charge is 0.166 e. The highest BCUT2D eigenvalue weighted by Crippen LogP contribution is 2.41. The second-order valence-corrected chi connectivity index (χ2v) is 3.26. The predicted octanol–water partition coefficient (Wildman–Crippen LogP) is 4.26. The summed E-state index contributed by atoms with van der Waals surface area (Å²) in [7, 11) is 0. The molecule has 0 atom stereocenters. The summed E-state index contributed by atoms with van der Waals surface area (Å²) in [5.74, 6) is -1.33. The van der Waals surface area contributed by atoms with Gasteiger partial charge in [0.05, 0.1) is 5.57 Å². The van der Waals surface area contributed by atoms with Gasteiger partial charge in [0.2, 0.25) is 0 Å². The second kappa shape index (κ2) is 4.00. The Kier molecular flexibility index (Phi) is 3.89. The van der Waals surface area contributed by atoms with Crippen LogP contribution in [0.25, 0.3) is 0 Å². The Balaban J connectivity index is 5.41. The summed E-state index contributed by atoms with van der Waals surface area (Å²) in [5, 5.41) is -2.10. The molecule has 0 bridgehead atoms. The fourth-order valence-corrected chi connectivity index (χ4v) is 1.18. The SMILES string of the molecule is CC(C)/C(=C(\Cl)C(F)(F)F)C(F)(F)F. The first-order chi connectivity index (χ1) is 5.98. The Hall–Kier alpha value is -0.390. The Bertz CT molecular complexity index is 234. The minimum atomic E-state index is -5.16. The van der Waals surface area contributed by atoms with Gasteiger partial charge in [-0.1, -0.05) is 25.4 Å². The quantitative estimate of drug-likeness (QED) is 0.601. The predicted molar refractivity (Wildman–Crippen MR) is 39.8 cm³/mol. The molecule has 0 amide bonds. The van der Waals surface area contributed by atoms with E-state index in [2.05, 4.69) is 11.6 Å². The van der Waals surface area contributed by atoms with Crippen LogP contribution in [0.5, 0.6) is 0 Å². The van der Waals surface area contributed by atoms with Gasteiger partial charge in [-0.3, -0.25) is 0 Å². The molecule has 0 aromatic rings. The summed E-state index contributed by atoms with van der Waals surface area (Å²) < 4.78 is 72.0. The molecule has 0 aliphatic rings. The number of hydrogen-bond acceptors (Lipinski definition) is 0. The zero-order valence-corrected chi connectivity index (χ0v) is 7.98. The molecule has 0 spiro atoms. The van der Waals surface area contributed by atoms with E-state index in [9.17, 15) is 26.3 Å². The Morgan fingerprint density at radius 3 is 1.36 bits per heavy atom. The van der Waals surface area contributed by atoms with E-state index in [0.29, 0.717) is 0 Å². The van der Waals surface area contributed by atoms with E-state index in [4.69, 9.17) is 0 Å². The lowest BCUT2D eigenvalue weighted by molar-refractivity contribution is -0.115. The van der Waals surface area contributed by atoms with Crippen LogP contribution in [-0.2, 0) is 0 Å².